The van der Waals surface area contributed by atoms with Gasteiger partial charge >= 0.3 is 0 Å². The van der Waals surface area contributed by atoms with E-state index in [4.69, 9.17) is 0 Å². The largest absolute Gasteiger partial charge is 0.329 e. The minimum atomic E-state index is -0.352. The van der Waals surface area contributed by atoms with Crippen molar-refractivity contribution in [3.8, 4) is 0 Å². The number of carbonyl (C=O) groups excluding carboxylic acids is 2. The van der Waals surface area contributed by atoms with Crippen LogP contribution in [-0.4, -0.2) is 34.8 Å². The van der Waals surface area contributed by atoms with Crippen LogP contribution in [0.2, 0.25) is 0 Å². The smallest absolute Gasteiger partial charge is 0.233 e. The van der Waals surface area contributed by atoms with Crippen molar-refractivity contribution in [2.24, 2.45) is 10.8 Å². The van der Waals surface area contributed by atoms with Crippen LogP contribution < -0.4 is 10.6 Å². The lowest BCUT2D eigenvalue weighted by atomic mass is 9.94. The van der Waals surface area contributed by atoms with Crippen LogP contribution in [-0.2, 0) is 9.59 Å². The van der Waals surface area contributed by atoms with Crippen LogP contribution in [0.4, 0.5) is 0 Å². The van der Waals surface area contributed by atoms with Gasteiger partial charge in [0.15, 0.2) is 0 Å². The summed E-state index contributed by atoms with van der Waals surface area (Å²) < 4.78 is 0. The van der Waals surface area contributed by atoms with Gasteiger partial charge in [0.2, 0.25) is 11.8 Å². The molecule has 2 rings (SSSR count). The highest BCUT2D eigenvalue weighted by molar-refractivity contribution is 8.02. The monoisotopic (exact) mass is 368 g/mol. The molecule has 6 heteroatoms. The van der Waals surface area contributed by atoms with Gasteiger partial charge in [-0.2, -0.15) is 23.5 Å². The first kappa shape index (κ1) is 19.4. The summed E-state index contributed by atoms with van der Waals surface area (Å²) in [5.74, 6) is 4.53. The van der Waals surface area contributed by atoms with Crippen molar-refractivity contribution in [1.29, 1.82) is 0 Å². The van der Waals surface area contributed by atoms with Gasteiger partial charge in [-0.1, -0.05) is 12.2 Å². The number of rotatable bonds is 9. The zero-order chi connectivity index (χ0) is 17.8. The molecule has 2 amide bonds. The topological polar surface area (TPSA) is 58.2 Å². The lowest BCUT2D eigenvalue weighted by Crippen LogP contribution is -2.27. The third-order valence-electron chi connectivity index (χ3n) is 4.19. The fourth-order valence-corrected chi connectivity index (χ4v) is 4.72. The molecule has 0 spiro atoms. The summed E-state index contributed by atoms with van der Waals surface area (Å²) in [6, 6.07) is 0. The predicted octanol–water partition coefficient (Wildman–Crippen LogP) is 3.31. The molecular formula is C18H28N2O2S2. The minimum absolute atomic E-state index is 0.106. The number of hydrogen-bond donors (Lipinski definition) is 2. The Balaban J connectivity index is 1.50. The Morgan fingerprint density at radius 3 is 1.42 bits per heavy atom. The van der Waals surface area contributed by atoms with Crippen molar-refractivity contribution in [3.63, 3.8) is 0 Å². The van der Waals surface area contributed by atoms with E-state index in [1.165, 1.54) is 0 Å². The third-order valence-corrected chi connectivity index (χ3v) is 6.42. The van der Waals surface area contributed by atoms with Crippen molar-refractivity contribution >= 4 is 35.3 Å². The van der Waals surface area contributed by atoms with Gasteiger partial charge in [-0.25, -0.2) is 0 Å². The summed E-state index contributed by atoms with van der Waals surface area (Å²) in [5, 5.41) is 5.92. The molecule has 2 heterocycles. The summed E-state index contributed by atoms with van der Waals surface area (Å²) in [4.78, 5) is 23.4. The van der Waals surface area contributed by atoms with Crippen LogP contribution >= 0.6 is 23.5 Å². The first-order chi connectivity index (χ1) is 11.2. The standard InChI is InChI=1S/C18H28N2O2S2/c1-17(2)11-13(19-15(17)21)5-7-23-9-10-24-8-6-14-12-18(3,4)16(22)20-14/h11-12H,5-10H2,1-4H3,(H,19,21)(H,20,22). The van der Waals surface area contributed by atoms with E-state index in [2.05, 4.69) is 22.8 Å². The zero-order valence-corrected chi connectivity index (χ0v) is 16.7. The number of nitrogens with one attached hydrogen (secondary N) is 2. The lowest BCUT2D eigenvalue weighted by molar-refractivity contribution is -0.125. The molecule has 0 atom stereocenters. The Morgan fingerprint density at radius 1 is 0.750 bits per heavy atom. The van der Waals surface area contributed by atoms with E-state index >= 15 is 0 Å². The molecule has 4 nitrogen and oxygen atoms in total. The van der Waals surface area contributed by atoms with E-state index < -0.39 is 0 Å². The summed E-state index contributed by atoms with van der Waals surface area (Å²) in [6.45, 7) is 7.79. The average Bonchev–Trinajstić information content (AvgIpc) is 2.88. The molecule has 0 saturated heterocycles. The highest BCUT2D eigenvalue weighted by atomic mass is 32.2. The van der Waals surface area contributed by atoms with Crippen LogP contribution in [0.25, 0.3) is 0 Å². The molecule has 2 N–H and O–H groups in total. The van der Waals surface area contributed by atoms with Gasteiger partial charge in [0, 0.05) is 22.9 Å². The first-order valence-electron chi connectivity index (χ1n) is 8.42. The predicted molar refractivity (Wildman–Crippen MR) is 104 cm³/mol. The molecule has 0 aliphatic carbocycles. The molecule has 0 saturated carbocycles. The van der Waals surface area contributed by atoms with Crippen molar-refractivity contribution in [2.75, 3.05) is 23.0 Å². The van der Waals surface area contributed by atoms with Crippen LogP contribution in [0.5, 0.6) is 0 Å². The van der Waals surface area contributed by atoms with Gasteiger partial charge < -0.3 is 10.6 Å². The summed E-state index contributed by atoms with van der Waals surface area (Å²) >= 11 is 3.85. The Labute approximate surface area is 153 Å². The van der Waals surface area contributed by atoms with Crippen LogP contribution in [0.3, 0.4) is 0 Å². The Bertz CT molecular complexity index is 515. The zero-order valence-electron chi connectivity index (χ0n) is 15.0. The van der Waals surface area contributed by atoms with Crippen molar-refractivity contribution in [2.45, 2.75) is 40.5 Å². The Kier molecular flexibility index (Phi) is 6.48. The molecule has 0 aromatic rings. The molecule has 0 aromatic heterocycles. The number of amides is 2. The molecule has 0 bridgehead atoms. The number of thioether (sulfide) groups is 2. The second kappa shape index (κ2) is 8.00. The van der Waals surface area contributed by atoms with Crippen LogP contribution in [0, 0.1) is 10.8 Å². The Morgan fingerprint density at radius 2 is 1.12 bits per heavy atom. The maximum atomic E-state index is 11.7. The number of carbonyl (C=O) groups is 2. The highest BCUT2D eigenvalue weighted by Crippen LogP contribution is 2.28. The lowest BCUT2D eigenvalue weighted by Gasteiger charge is -2.09. The maximum Gasteiger partial charge on any atom is 0.233 e. The van der Waals surface area contributed by atoms with E-state index in [1.807, 2.05) is 51.2 Å². The maximum absolute atomic E-state index is 11.7. The molecular weight excluding hydrogens is 340 g/mol. The van der Waals surface area contributed by atoms with E-state index in [9.17, 15) is 9.59 Å². The number of allylic oxidation sites excluding steroid dienone is 2. The minimum Gasteiger partial charge on any atom is -0.329 e. The third kappa shape index (κ3) is 5.31. The van der Waals surface area contributed by atoms with Crippen molar-refractivity contribution in [1.82, 2.24) is 10.6 Å². The van der Waals surface area contributed by atoms with Gasteiger partial charge in [0.25, 0.3) is 0 Å². The summed E-state index contributed by atoms with van der Waals surface area (Å²) in [5.41, 5.74) is 1.43. The van der Waals surface area contributed by atoms with E-state index in [0.29, 0.717) is 0 Å². The second-order valence-corrected chi connectivity index (χ2v) is 9.87. The van der Waals surface area contributed by atoms with Crippen molar-refractivity contribution < 1.29 is 9.59 Å². The molecule has 2 aliphatic rings. The van der Waals surface area contributed by atoms with E-state index in [-0.39, 0.29) is 22.6 Å². The molecule has 0 fully saturated rings. The molecule has 0 radical (unpaired) electrons. The normalized spacial score (nSPS) is 21.3. The summed E-state index contributed by atoms with van der Waals surface area (Å²) in [6.07, 6.45) is 5.96. The quantitative estimate of drug-likeness (QED) is 0.613. The summed E-state index contributed by atoms with van der Waals surface area (Å²) in [7, 11) is 0. The molecule has 134 valence electrons. The second-order valence-electron chi connectivity index (χ2n) is 7.42. The van der Waals surface area contributed by atoms with Gasteiger partial charge in [0.05, 0.1) is 10.8 Å². The van der Waals surface area contributed by atoms with Gasteiger partial charge in [-0.3, -0.25) is 9.59 Å². The Hall–Kier alpha value is -0.880. The van der Waals surface area contributed by atoms with Crippen LogP contribution in [0.1, 0.15) is 40.5 Å². The molecule has 0 aromatic carbocycles. The van der Waals surface area contributed by atoms with E-state index in [1.54, 1.807) is 0 Å². The van der Waals surface area contributed by atoms with Gasteiger partial charge in [-0.15, -0.1) is 0 Å². The van der Waals surface area contributed by atoms with E-state index in [0.717, 1.165) is 47.2 Å². The van der Waals surface area contributed by atoms with Crippen LogP contribution in [0.15, 0.2) is 23.5 Å². The average molecular weight is 369 g/mol. The number of hydrogen-bond acceptors (Lipinski definition) is 4. The van der Waals surface area contributed by atoms with Gasteiger partial charge in [-0.05, 0) is 52.0 Å². The van der Waals surface area contributed by atoms with Crippen molar-refractivity contribution in [3.05, 3.63) is 23.5 Å². The fourth-order valence-electron chi connectivity index (χ4n) is 2.64. The first-order valence-corrected chi connectivity index (χ1v) is 10.7. The molecule has 2 aliphatic heterocycles. The fraction of sp³-hybridized carbons (Fsp3) is 0.667. The SMILES string of the molecule is CC1(C)C=C(CCSCCSCCC2=CC(C)(C)C(=O)N2)NC1=O. The van der Waals surface area contributed by atoms with Gasteiger partial charge in [0.1, 0.15) is 0 Å². The highest BCUT2D eigenvalue weighted by Gasteiger charge is 2.32. The molecule has 24 heavy (non-hydrogen) atoms. The molecule has 0 unspecified atom stereocenters.